The molecule has 94 valence electrons. The third-order valence-electron chi connectivity index (χ3n) is 3.38. The molecule has 0 bridgehead atoms. The number of halogens is 1. The molecule has 0 amide bonds. The number of benzene rings is 1. The summed E-state index contributed by atoms with van der Waals surface area (Å²) in [5, 5.41) is 3.39. The second kappa shape index (κ2) is 4.62. The quantitative estimate of drug-likeness (QED) is 0.849. The van der Waals surface area contributed by atoms with E-state index in [1.54, 1.807) is 0 Å². The molecule has 1 aromatic carbocycles. The fourth-order valence-corrected chi connectivity index (χ4v) is 2.62. The van der Waals surface area contributed by atoms with E-state index in [9.17, 15) is 0 Å². The van der Waals surface area contributed by atoms with Crippen molar-refractivity contribution in [1.29, 1.82) is 0 Å². The van der Waals surface area contributed by atoms with Crippen molar-refractivity contribution in [2.45, 2.75) is 39.3 Å². The fourth-order valence-electron chi connectivity index (χ4n) is 2.25. The van der Waals surface area contributed by atoms with Crippen LogP contribution in [0.15, 0.2) is 22.7 Å². The van der Waals surface area contributed by atoms with Crippen LogP contribution in [0.3, 0.4) is 0 Å². The number of hydrogen-bond donors (Lipinski definition) is 1. The number of hydrogen-bond acceptors (Lipinski definition) is 2. The molecule has 0 spiro atoms. The van der Waals surface area contributed by atoms with Crippen LogP contribution in [0.1, 0.15) is 38.8 Å². The van der Waals surface area contributed by atoms with Crippen LogP contribution >= 0.6 is 15.9 Å². The Kier molecular flexibility index (Phi) is 3.50. The summed E-state index contributed by atoms with van der Waals surface area (Å²) in [6, 6.07) is 6.62. The Balaban J connectivity index is 2.36. The fraction of sp³-hybridized carbons (Fsp3) is 0.571. The summed E-state index contributed by atoms with van der Waals surface area (Å²) in [7, 11) is 2.01. The van der Waals surface area contributed by atoms with Crippen LogP contribution in [-0.2, 0) is 0 Å². The summed E-state index contributed by atoms with van der Waals surface area (Å²) in [5.41, 5.74) is 1.42. The molecule has 0 aliphatic carbocycles. The molecule has 0 aromatic heterocycles. The monoisotopic (exact) mass is 297 g/mol. The zero-order chi connectivity index (χ0) is 12.6. The van der Waals surface area contributed by atoms with Gasteiger partial charge in [0, 0.05) is 22.5 Å². The summed E-state index contributed by atoms with van der Waals surface area (Å²) in [6.07, 6.45) is 1.28. The molecule has 1 aliphatic rings. The van der Waals surface area contributed by atoms with Crippen LogP contribution < -0.4 is 10.1 Å². The molecule has 1 aliphatic heterocycles. The lowest BCUT2D eigenvalue weighted by Gasteiger charge is -2.39. The van der Waals surface area contributed by atoms with Gasteiger partial charge in [-0.25, -0.2) is 0 Å². The third-order valence-corrected chi connectivity index (χ3v) is 3.87. The summed E-state index contributed by atoms with van der Waals surface area (Å²) >= 11 is 3.52. The molecule has 17 heavy (non-hydrogen) atoms. The van der Waals surface area contributed by atoms with Crippen LogP contribution in [0.2, 0.25) is 0 Å². The van der Waals surface area contributed by atoms with Crippen molar-refractivity contribution in [3.05, 3.63) is 28.2 Å². The summed E-state index contributed by atoms with van der Waals surface area (Å²) in [6.45, 7) is 6.69. The lowest BCUT2D eigenvalue weighted by atomic mass is 9.82. The van der Waals surface area contributed by atoms with E-state index in [0.717, 1.165) is 16.6 Å². The van der Waals surface area contributed by atoms with E-state index < -0.39 is 0 Å². The Morgan fingerprint density at radius 1 is 1.35 bits per heavy atom. The van der Waals surface area contributed by atoms with Crippen LogP contribution in [0.25, 0.3) is 0 Å². The van der Waals surface area contributed by atoms with Crippen molar-refractivity contribution in [3.8, 4) is 5.75 Å². The zero-order valence-electron chi connectivity index (χ0n) is 10.9. The topological polar surface area (TPSA) is 21.3 Å². The van der Waals surface area contributed by atoms with Gasteiger partial charge in [0.25, 0.3) is 0 Å². The predicted octanol–water partition coefficient (Wildman–Crippen LogP) is 3.91. The molecule has 2 rings (SSSR count). The van der Waals surface area contributed by atoms with Crippen molar-refractivity contribution in [1.82, 2.24) is 5.32 Å². The standard InChI is InChI=1S/C14H20BrNO/c1-14(2,3)13-8-11(16-4)10-7-9(15)5-6-12(10)17-13/h5-7,11,13,16H,8H2,1-4H3. The van der Waals surface area contributed by atoms with Crippen molar-refractivity contribution in [2.24, 2.45) is 5.41 Å². The van der Waals surface area contributed by atoms with Gasteiger partial charge < -0.3 is 10.1 Å². The second-order valence-corrected chi connectivity index (χ2v) is 6.65. The van der Waals surface area contributed by atoms with Crippen molar-refractivity contribution >= 4 is 15.9 Å². The number of nitrogens with one attached hydrogen (secondary N) is 1. The Morgan fingerprint density at radius 3 is 2.65 bits per heavy atom. The minimum Gasteiger partial charge on any atom is -0.489 e. The summed E-state index contributed by atoms with van der Waals surface area (Å²) in [4.78, 5) is 0. The highest BCUT2D eigenvalue weighted by Gasteiger charge is 2.34. The SMILES string of the molecule is CNC1CC(C(C)(C)C)Oc2ccc(Br)cc21. The number of rotatable bonds is 1. The van der Waals surface area contributed by atoms with Gasteiger partial charge in [0.15, 0.2) is 0 Å². The molecule has 1 aromatic rings. The normalized spacial score (nSPS) is 24.1. The molecule has 0 saturated carbocycles. The van der Waals surface area contributed by atoms with Crippen molar-refractivity contribution in [2.75, 3.05) is 7.05 Å². The van der Waals surface area contributed by atoms with E-state index in [4.69, 9.17) is 4.74 Å². The lowest BCUT2D eigenvalue weighted by Crippen LogP contribution is -2.39. The highest BCUT2D eigenvalue weighted by molar-refractivity contribution is 9.10. The first-order valence-electron chi connectivity index (χ1n) is 6.05. The molecule has 0 saturated heterocycles. The zero-order valence-corrected chi connectivity index (χ0v) is 12.5. The van der Waals surface area contributed by atoms with Crippen molar-refractivity contribution in [3.63, 3.8) is 0 Å². The predicted molar refractivity (Wildman–Crippen MR) is 74.4 cm³/mol. The Morgan fingerprint density at radius 2 is 2.06 bits per heavy atom. The molecule has 1 heterocycles. The molecule has 1 N–H and O–H groups in total. The molecule has 2 unspecified atom stereocenters. The Bertz CT molecular complexity index is 411. The van der Waals surface area contributed by atoms with Gasteiger partial charge in [0.1, 0.15) is 11.9 Å². The molecule has 0 radical (unpaired) electrons. The maximum atomic E-state index is 6.12. The van der Waals surface area contributed by atoms with Gasteiger partial charge in [0.2, 0.25) is 0 Å². The minimum absolute atomic E-state index is 0.167. The molecular weight excluding hydrogens is 278 g/mol. The van der Waals surface area contributed by atoms with Crippen LogP contribution in [-0.4, -0.2) is 13.2 Å². The maximum Gasteiger partial charge on any atom is 0.124 e. The van der Waals surface area contributed by atoms with Gasteiger partial charge in [-0.1, -0.05) is 36.7 Å². The number of ether oxygens (including phenoxy) is 1. The van der Waals surface area contributed by atoms with Gasteiger partial charge in [-0.2, -0.15) is 0 Å². The van der Waals surface area contributed by atoms with Gasteiger partial charge in [0.05, 0.1) is 0 Å². The molecular formula is C14H20BrNO. The van der Waals surface area contributed by atoms with E-state index >= 15 is 0 Å². The van der Waals surface area contributed by atoms with E-state index in [-0.39, 0.29) is 11.5 Å². The molecule has 0 fully saturated rings. The average molecular weight is 298 g/mol. The lowest BCUT2D eigenvalue weighted by molar-refractivity contribution is 0.0539. The van der Waals surface area contributed by atoms with Gasteiger partial charge in [-0.15, -0.1) is 0 Å². The first-order chi connectivity index (χ1) is 7.91. The van der Waals surface area contributed by atoms with E-state index in [2.05, 4.69) is 54.2 Å². The minimum atomic E-state index is 0.167. The highest BCUT2D eigenvalue weighted by Crippen LogP contribution is 2.41. The summed E-state index contributed by atoms with van der Waals surface area (Å²) < 4.78 is 7.23. The maximum absolute atomic E-state index is 6.12. The highest BCUT2D eigenvalue weighted by atomic mass is 79.9. The van der Waals surface area contributed by atoms with Crippen molar-refractivity contribution < 1.29 is 4.74 Å². The largest absolute Gasteiger partial charge is 0.489 e. The smallest absolute Gasteiger partial charge is 0.124 e. The van der Waals surface area contributed by atoms with E-state index in [0.29, 0.717) is 6.04 Å². The molecule has 3 heteroatoms. The van der Waals surface area contributed by atoms with Gasteiger partial charge in [-0.3, -0.25) is 0 Å². The third kappa shape index (κ3) is 2.66. The van der Waals surface area contributed by atoms with E-state index in [1.165, 1.54) is 5.56 Å². The number of fused-ring (bicyclic) bond motifs is 1. The van der Waals surface area contributed by atoms with E-state index in [1.807, 2.05) is 13.1 Å². The first-order valence-corrected chi connectivity index (χ1v) is 6.84. The molecule has 2 nitrogen and oxygen atoms in total. The van der Waals surface area contributed by atoms with Crippen LogP contribution in [0.5, 0.6) is 5.75 Å². The van der Waals surface area contributed by atoms with Crippen LogP contribution in [0.4, 0.5) is 0 Å². The second-order valence-electron chi connectivity index (χ2n) is 5.73. The Labute approximate surface area is 112 Å². The van der Waals surface area contributed by atoms with Crippen LogP contribution in [0, 0.1) is 5.41 Å². The van der Waals surface area contributed by atoms with Gasteiger partial charge >= 0.3 is 0 Å². The molecule has 2 atom stereocenters. The average Bonchev–Trinajstić information content (AvgIpc) is 2.26. The van der Waals surface area contributed by atoms with Gasteiger partial charge in [-0.05, 0) is 30.7 Å². The Hall–Kier alpha value is -0.540. The summed E-state index contributed by atoms with van der Waals surface area (Å²) in [5.74, 6) is 1.01. The first kappa shape index (κ1) is 12.9.